The highest BCUT2D eigenvalue weighted by atomic mass is 32.2. The number of aliphatic carboxylic acids is 1. The molecule has 29 heavy (non-hydrogen) atoms. The first-order valence-electron chi connectivity index (χ1n) is 9.36. The predicted molar refractivity (Wildman–Crippen MR) is 110 cm³/mol. The minimum Gasteiger partial charge on any atom is -0.480 e. The number of amides is 3. The van der Waals surface area contributed by atoms with E-state index in [9.17, 15) is 29.4 Å². The van der Waals surface area contributed by atoms with Crippen LogP contribution in [0.4, 0.5) is 0 Å². The minimum absolute atomic E-state index is 0.231. The third kappa shape index (κ3) is 11.6. The van der Waals surface area contributed by atoms with Crippen molar-refractivity contribution in [3.63, 3.8) is 0 Å². The topological polar surface area (TPSA) is 197 Å². The van der Waals surface area contributed by atoms with E-state index in [1.165, 1.54) is 18.7 Å². The summed E-state index contributed by atoms with van der Waals surface area (Å²) in [6, 6.07) is -3.21. The zero-order valence-corrected chi connectivity index (χ0v) is 17.7. The minimum atomic E-state index is -1.18. The van der Waals surface area contributed by atoms with E-state index in [1.54, 1.807) is 0 Å². The van der Waals surface area contributed by atoms with E-state index in [0.29, 0.717) is 25.1 Å². The second-order valence-corrected chi connectivity index (χ2v) is 7.56. The number of carboxylic acid groups (broad SMARTS) is 1. The molecule has 0 heterocycles. The Morgan fingerprint density at radius 1 is 1.03 bits per heavy atom. The molecule has 0 fully saturated rings. The molecule has 12 heteroatoms. The van der Waals surface area contributed by atoms with Gasteiger partial charge in [-0.3, -0.25) is 14.4 Å². The predicted octanol–water partition coefficient (Wildman–Crippen LogP) is -2.25. The normalized spacial score (nSPS) is 14.9. The van der Waals surface area contributed by atoms with Gasteiger partial charge < -0.3 is 37.6 Å². The molecule has 0 radical (unpaired) electrons. The Bertz CT molecular complexity index is 548. The fraction of sp³-hybridized carbons (Fsp3) is 0.765. The maximum absolute atomic E-state index is 12.5. The lowest BCUT2D eigenvalue weighted by Crippen LogP contribution is -2.54. The van der Waals surface area contributed by atoms with Crippen molar-refractivity contribution in [1.82, 2.24) is 16.0 Å². The number of thioether (sulfide) groups is 1. The lowest BCUT2D eigenvalue weighted by Gasteiger charge is -2.22. The van der Waals surface area contributed by atoms with Crippen LogP contribution in [0.25, 0.3) is 0 Å². The van der Waals surface area contributed by atoms with E-state index in [0.717, 1.165) is 0 Å². The second-order valence-electron chi connectivity index (χ2n) is 6.57. The maximum Gasteiger partial charge on any atom is 0.326 e. The van der Waals surface area contributed by atoms with E-state index < -0.39 is 54.5 Å². The number of hydrogen-bond acceptors (Lipinski definition) is 8. The van der Waals surface area contributed by atoms with Crippen LogP contribution in [-0.2, 0) is 19.2 Å². The van der Waals surface area contributed by atoms with Gasteiger partial charge in [0.15, 0.2) is 0 Å². The average molecular weight is 436 g/mol. The molecule has 0 aromatic heterocycles. The molecule has 0 saturated carbocycles. The molecule has 4 atom stereocenters. The molecule has 3 amide bonds. The summed E-state index contributed by atoms with van der Waals surface area (Å²) in [5, 5.41) is 25.8. The highest BCUT2D eigenvalue weighted by Gasteiger charge is 2.26. The summed E-state index contributed by atoms with van der Waals surface area (Å²) in [6.07, 6.45) is 2.46. The van der Waals surface area contributed by atoms with Crippen molar-refractivity contribution in [2.24, 2.45) is 11.5 Å². The summed E-state index contributed by atoms with van der Waals surface area (Å²) in [7, 11) is 0. The highest BCUT2D eigenvalue weighted by molar-refractivity contribution is 7.98. The van der Waals surface area contributed by atoms with E-state index in [-0.39, 0.29) is 12.8 Å². The van der Waals surface area contributed by atoms with Crippen LogP contribution in [0.1, 0.15) is 32.6 Å². The summed E-state index contributed by atoms with van der Waals surface area (Å²) in [4.78, 5) is 47.7. The highest BCUT2D eigenvalue weighted by Crippen LogP contribution is 2.05. The standard InChI is InChI=1S/C17H33N5O6S/c1-10(23)14(19)16(26)20-9-13(24)21-11(6-8-29-2)15(25)22-12(17(27)28)5-3-4-7-18/h10-12,14,23H,3-9,18-19H2,1-2H3,(H,20,26)(H,21,24)(H,22,25)(H,27,28). The number of aliphatic hydroxyl groups excluding tert-OH is 1. The van der Waals surface area contributed by atoms with E-state index in [1.807, 2.05) is 6.26 Å². The van der Waals surface area contributed by atoms with Gasteiger partial charge in [-0.1, -0.05) is 0 Å². The summed E-state index contributed by atoms with van der Waals surface area (Å²) < 4.78 is 0. The fourth-order valence-corrected chi connectivity index (χ4v) is 2.75. The molecule has 0 bridgehead atoms. The Morgan fingerprint density at radius 2 is 1.69 bits per heavy atom. The van der Waals surface area contributed by atoms with Crippen molar-refractivity contribution in [3.8, 4) is 0 Å². The second kappa shape index (κ2) is 15.0. The molecular formula is C17H33N5O6S. The first-order valence-corrected chi connectivity index (χ1v) is 10.8. The van der Waals surface area contributed by atoms with Gasteiger partial charge in [0, 0.05) is 0 Å². The molecule has 9 N–H and O–H groups in total. The van der Waals surface area contributed by atoms with Crippen LogP contribution in [0.15, 0.2) is 0 Å². The van der Waals surface area contributed by atoms with Crippen molar-refractivity contribution >= 4 is 35.5 Å². The van der Waals surface area contributed by atoms with Gasteiger partial charge in [0.05, 0.1) is 12.6 Å². The number of carboxylic acids is 1. The molecule has 0 spiro atoms. The molecule has 0 rings (SSSR count). The Hall–Kier alpha value is -1.89. The molecule has 11 nitrogen and oxygen atoms in total. The Labute approximate surface area is 174 Å². The molecule has 0 saturated heterocycles. The zero-order chi connectivity index (χ0) is 22.4. The number of nitrogens with one attached hydrogen (secondary N) is 3. The summed E-state index contributed by atoms with van der Waals surface area (Å²) in [5.74, 6) is -2.55. The molecule has 0 aromatic rings. The van der Waals surface area contributed by atoms with Gasteiger partial charge in [0.1, 0.15) is 18.1 Å². The third-order valence-corrected chi connectivity index (χ3v) is 4.71. The Kier molecular flexibility index (Phi) is 14.0. The summed E-state index contributed by atoms with van der Waals surface area (Å²) in [5.41, 5.74) is 10.9. The van der Waals surface area contributed by atoms with Crippen molar-refractivity contribution in [2.75, 3.05) is 25.1 Å². The quantitative estimate of drug-likeness (QED) is 0.139. The van der Waals surface area contributed by atoms with Crippen LogP contribution in [0.5, 0.6) is 0 Å². The van der Waals surface area contributed by atoms with Crippen LogP contribution < -0.4 is 27.4 Å². The number of rotatable bonds is 15. The van der Waals surface area contributed by atoms with Gasteiger partial charge in [0.2, 0.25) is 17.7 Å². The van der Waals surface area contributed by atoms with Gasteiger partial charge in [-0.25, -0.2) is 4.79 Å². The molecule has 0 aliphatic carbocycles. The lowest BCUT2D eigenvalue weighted by atomic mass is 10.1. The van der Waals surface area contributed by atoms with Gasteiger partial charge in [-0.15, -0.1) is 0 Å². The Balaban J connectivity index is 4.83. The molecule has 0 aromatic carbocycles. The smallest absolute Gasteiger partial charge is 0.326 e. The van der Waals surface area contributed by atoms with Crippen molar-refractivity contribution < 1.29 is 29.4 Å². The number of carbonyl (C=O) groups excluding carboxylic acids is 3. The number of nitrogens with two attached hydrogens (primary N) is 2. The zero-order valence-electron chi connectivity index (χ0n) is 16.8. The SMILES string of the molecule is CSCCC(NC(=O)CNC(=O)C(N)C(C)O)C(=O)NC(CCCCN)C(=O)O. The first kappa shape index (κ1) is 27.1. The molecule has 4 unspecified atom stereocenters. The summed E-state index contributed by atoms with van der Waals surface area (Å²) in [6.45, 7) is 1.35. The van der Waals surface area contributed by atoms with Crippen LogP contribution >= 0.6 is 11.8 Å². The molecular weight excluding hydrogens is 402 g/mol. The molecule has 168 valence electrons. The van der Waals surface area contributed by atoms with Crippen LogP contribution in [0.2, 0.25) is 0 Å². The number of aliphatic hydroxyl groups is 1. The number of hydrogen-bond donors (Lipinski definition) is 7. The fourth-order valence-electron chi connectivity index (χ4n) is 2.28. The lowest BCUT2D eigenvalue weighted by molar-refractivity contribution is -0.142. The van der Waals surface area contributed by atoms with Crippen LogP contribution in [-0.4, -0.2) is 83.2 Å². The van der Waals surface area contributed by atoms with Gasteiger partial charge in [0.25, 0.3) is 0 Å². The van der Waals surface area contributed by atoms with E-state index >= 15 is 0 Å². The number of carbonyl (C=O) groups is 4. The number of unbranched alkanes of at least 4 members (excludes halogenated alkanes) is 1. The van der Waals surface area contributed by atoms with Gasteiger partial charge in [-0.2, -0.15) is 11.8 Å². The average Bonchev–Trinajstić information content (AvgIpc) is 2.67. The van der Waals surface area contributed by atoms with E-state index in [4.69, 9.17) is 11.5 Å². The summed E-state index contributed by atoms with van der Waals surface area (Å²) >= 11 is 1.47. The van der Waals surface area contributed by atoms with Crippen LogP contribution in [0.3, 0.4) is 0 Å². The van der Waals surface area contributed by atoms with E-state index in [2.05, 4.69) is 16.0 Å². The third-order valence-electron chi connectivity index (χ3n) is 4.07. The molecule has 0 aliphatic heterocycles. The monoisotopic (exact) mass is 435 g/mol. The van der Waals surface area contributed by atoms with Crippen molar-refractivity contribution in [3.05, 3.63) is 0 Å². The van der Waals surface area contributed by atoms with Gasteiger partial charge in [-0.05, 0) is 51.2 Å². The van der Waals surface area contributed by atoms with Crippen molar-refractivity contribution in [2.45, 2.75) is 56.8 Å². The maximum atomic E-state index is 12.5. The van der Waals surface area contributed by atoms with Crippen molar-refractivity contribution in [1.29, 1.82) is 0 Å². The Morgan fingerprint density at radius 3 is 2.21 bits per heavy atom. The largest absolute Gasteiger partial charge is 0.480 e. The molecule has 0 aliphatic rings. The van der Waals surface area contributed by atoms with Crippen LogP contribution in [0, 0.1) is 0 Å². The van der Waals surface area contributed by atoms with Gasteiger partial charge >= 0.3 is 5.97 Å². The first-order chi connectivity index (χ1) is 13.6.